The van der Waals surface area contributed by atoms with Gasteiger partial charge in [-0.05, 0) is 6.92 Å². The average Bonchev–Trinajstić information content (AvgIpc) is 2.74. The van der Waals surface area contributed by atoms with E-state index in [1.807, 2.05) is 18.9 Å². The van der Waals surface area contributed by atoms with Crippen LogP contribution in [0.5, 0.6) is 0 Å². The van der Waals surface area contributed by atoms with Crippen LogP contribution in [-0.2, 0) is 0 Å². The minimum atomic E-state index is 0.0860. The number of hydrogen-bond acceptors (Lipinski definition) is 5. The number of nitrogens with one attached hydrogen (secondary N) is 1. The molecule has 7 nitrogen and oxygen atoms in total. The molecule has 0 fully saturated rings. The lowest BCUT2D eigenvalue weighted by molar-refractivity contribution is 0.699. The van der Waals surface area contributed by atoms with Crippen LogP contribution in [0.25, 0.3) is 5.65 Å². The summed E-state index contributed by atoms with van der Waals surface area (Å²) in [6.07, 6.45) is 5.61. The number of hydrogen-bond donors (Lipinski definition) is 2. The highest BCUT2D eigenvalue weighted by Gasteiger charge is 2.16. The van der Waals surface area contributed by atoms with E-state index in [0.29, 0.717) is 12.1 Å². The molecule has 0 saturated heterocycles. The van der Waals surface area contributed by atoms with Crippen molar-refractivity contribution in [2.45, 2.75) is 19.4 Å². The number of anilines is 1. The Balaban J connectivity index is 2.32. The Labute approximate surface area is 98.8 Å². The molecule has 0 aromatic carbocycles. The van der Waals surface area contributed by atoms with Crippen LogP contribution >= 0.6 is 0 Å². The van der Waals surface area contributed by atoms with Gasteiger partial charge >= 0.3 is 0 Å². The highest BCUT2D eigenvalue weighted by Crippen LogP contribution is 2.17. The third kappa shape index (κ3) is 2.17. The summed E-state index contributed by atoms with van der Waals surface area (Å²) >= 11 is 0. The average molecular weight is 233 g/mol. The van der Waals surface area contributed by atoms with Gasteiger partial charge in [-0.3, -0.25) is 9.81 Å². The fourth-order valence-corrected chi connectivity index (χ4v) is 1.66. The van der Waals surface area contributed by atoms with E-state index in [2.05, 4.69) is 15.2 Å². The van der Waals surface area contributed by atoms with Crippen molar-refractivity contribution in [2.75, 3.05) is 11.9 Å². The Morgan fingerprint density at radius 1 is 1.65 bits per heavy atom. The number of nitrogens with two attached hydrogens (primary N) is 1. The van der Waals surface area contributed by atoms with Gasteiger partial charge in [-0.2, -0.15) is 0 Å². The molecule has 0 bridgehead atoms. The molecule has 1 atom stereocenters. The molecule has 2 aromatic heterocycles. The second-order valence-electron chi connectivity index (χ2n) is 4.00. The van der Waals surface area contributed by atoms with E-state index < -0.39 is 0 Å². The third-order valence-electron chi connectivity index (χ3n) is 2.71. The number of rotatable bonds is 4. The summed E-state index contributed by atoms with van der Waals surface area (Å²) in [6.45, 7) is 1.99. The van der Waals surface area contributed by atoms with Crippen molar-refractivity contribution < 1.29 is 0 Å². The van der Waals surface area contributed by atoms with E-state index in [-0.39, 0.29) is 11.9 Å². The predicted molar refractivity (Wildman–Crippen MR) is 65.2 cm³/mol. The minimum absolute atomic E-state index is 0.0860. The summed E-state index contributed by atoms with van der Waals surface area (Å²) in [4.78, 5) is 6.25. The summed E-state index contributed by atoms with van der Waals surface area (Å²) in [5.74, 6) is 0.900. The van der Waals surface area contributed by atoms with Gasteiger partial charge in [-0.15, -0.1) is 10.2 Å². The Morgan fingerprint density at radius 2 is 2.41 bits per heavy atom. The molecule has 0 aliphatic heterocycles. The van der Waals surface area contributed by atoms with Crippen molar-refractivity contribution in [3.63, 3.8) is 0 Å². The normalized spacial score (nSPS) is 12.6. The summed E-state index contributed by atoms with van der Waals surface area (Å²) in [5, 5.41) is 15.2. The fraction of sp³-hybridized carbons (Fsp3) is 0.400. The molecule has 0 radical (unpaired) electrons. The third-order valence-corrected chi connectivity index (χ3v) is 2.71. The van der Waals surface area contributed by atoms with Gasteiger partial charge < -0.3 is 10.6 Å². The van der Waals surface area contributed by atoms with E-state index in [4.69, 9.17) is 11.1 Å². The van der Waals surface area contributed by atoms with Gasteiger partial charge in [-0.25, -0.2) is 4.98 Å². The van der Waals surface area contributed by atoms with Gasteiger partial charge in [0.1, 0.15) is 6.33 Å². The molecule has 0 amide bonds. The van der Waals surface area contributed by atoms with E-state index in [9.17, 15) is 0 Å². The van der Waals surface area contributed by atoms with E-state index in [1.165, 1.54) is 0 Å². The first-order valence-corrected chi connectivity index (χ1v) is 5.29. The zero-order chi connectivity index (χ0) is 12.4. The van der Waals surface area contributed by atoms with Gasteiger partial charge in [0.05, 0.1) is 5.84 Å². The Bertz CT molecular complexity index is 532. The fourth-order valence-electron chi connectivity index (χ4n) is 1.66. The van der Waals surface area contributed by atoms with Crippen LogP contribution in [0.1, 0.15) is 13.3 Å². The van der Waals surface area contributed by atoms with Crippen molar-refractivity contribution >= 4 is 17.3 Å². The molecular weight excluding hydrogens is 218 g/mol. The maximum Gasteiger partial charge on any atom is 0.203 e. The van der Waals surface area contributed by atoms with Gasteiger partial charge in [0, 0.05) is 31.9 Å². The maximum absolute atomic E-state index is 7.31. The topological polar surface area (TPSA) is 96.2 Å². The maximum atomic E-state index is 7.31. The predicted octanol–water partition coefficient (Wildman–Crippen LogP) is 0.275. The summed E-state index contributed by atoms with van der Waals surface area (Å²) in [6, 6.07) is 0.0860. The molecule has 2 aromatic rings. The highest BCUT2D eigenvalue weighted by atomic mass is 15.3. The molecule has 7 heteroatoms. The van der Waals surface area contributed by atoms with Gasteiger partial charge in [0.25, 0.3) is 0 Å². The SMILES string of the molecule is CC(CC(=N)N)N(C)c1nccn2cnnc12. The lowest BCUT2D eigenvalue weighted by Gasteiger charge is -2.25. The van der Waals surface area contributed by atoms with Crippen LogP contribution in [0.3, 0.4) is 0 Å². The summed E-state index contributed by atoms with van der Waals surface area (Å²) in [5.41, 5.74) is 6.10. The van der Waals surface area contributed by atoms with Gasteiger partial charge in [0.2, 0.25) is 5.65 Å². The van der Waals surface area contributed by atoms with E-state index in [0.717, 1.165) is 5.82 Å². The molecule has 90 valence electrons. The molecule has 1 unspecified atom stereocenters. The standard InChI is InChI=1S/C10H15N7/c1-7(5-8(11)12)16(2)9-10-15-14-6-17(10)4-3-13-9/h3-4,6-7H,5H2,1-2H3,(H3,11,12). The van der Waals surface area contributed by atoms with Crippen molar-refractivity contribution in [2.24, 2.45) is 5.73 Å². The molecule has 2 heterocycles. The largest absolute Gasteiger partial charge is 0.388 e. The highest BCUT2D eigenvalue weighted by molar-refractivity contribution is 5.78. The second-order valence-corrected chi connectivity index (χ2v) is 4.00. The molecular formula is C10H15N7. The molecule has 0 spiro atoms. The number of fused-ring (bicyclic) bond motifs is 1. The smallest absolute Gasteiger partial charge is 0.203 e. The van der Waals surface area contributed by atoms with Crippen molar-refractivity contribution in [3.8, 4) is 0 Å². The van der Waals surface area contributed by atoms with Crippen LogP contribution in [0.15, 0.2) is 18.7 Å². The molecule has 0 saturated carbocycles. The first-order chi connectivity index (χ1) is 8.09. The quantitative estimate of drug-likeness (QED) is 0.584. The first-order valence-electron chi connectivity index (χ1n) is 5.29. The molecule has 0 aliphatic carbocycles. The number of nitrogens with zero attached hydrogens (tertiary/aromatic N) is 5. The summed E-state index contributed by atoms with van der Waals surface area (Å²) in [7, 11) is 1.91. The zero-order valence-electron chi connectivity index (χ0n) is 9.83. The number of aromatic nitrogens is 4. The molecule has 3 N–H and O–H groups in total. The van der Waals surface area contributed by atoms with E-state index in [1.54, 1.807) is 23.1 Å². The van der Waals surface area contributed by atoms with Gasteiger partial charge in [-0.1, -0.05) is 0 Å². The van der Waals surface area contributed by atoms with Crippen LogP contribution < -0.4 is 10.6 Å². The molecule has 2 rings (SSSR count). The van der Waals surface area contributed by atoms with Crippen LogP contribution in [0.2, 0.25) is 0 Å². The van der Waals surface area contributed by atoms with Crippen LogP contribution in [0.4, 0.5) is 5.82 Å². The monoisotopic (exact) mass is 233 g/mol. The lowest BCUT2D eigenvalue weighted by Crippen LogP contribution is -2.33. The zero-order valence-corrected chi connectivity index (χ0v) is 9.83. The van der Waals surface area contributed by atoms with Crippen LogP contribution in [-0.4, -0.2) is 38.5 Å². The van der Waals surface area contributed by atoms with Crippen molar-refractivity contribution in [1.29, 1.82) is 5.41 Å². The molecule has 17 heavy (non-hydrogen) atoms. The Kier molecular flexibility index (Phi) is 2.90. The lowest BCUT2D eigenvalue weighted by atomic mass is 10.2. The second kappa shape index (κ2) is 4.36. The van der Waals surface area contributed by atoms with Crippen molar-refractivity contribution in [3.05, 3.63) is 18.7 Å². The van der Waals surface area contributed by atoms with Gasteiger partial charge in [0.15, 0.2) is 5.82 Å². The number of amidine groups is 1. The van der Waals surface area contributed by atoms with E-state index >= 15 is 0 Å². The minimum Gasteiger partial charge on any atom is -0.388 e. The molecule has 0 aliphatic rings. The first kappa shape index (κ1) is 11.3. The summed E-state index contributed by atoms with van der Waals surface area (Å²) < 4.78 is 1.80. The Hall–Kier alpha value is -2.18. The van der Waals surface area contributed by atoms with Crippen LogP contribution in [0, 0.1) is 5.41 Å². The Morgan fingerprint density at radius 3 is 3.12 bits per heavy atom. The van der Waals surface area contributed by atoms with Crippen molar-refractivity contribution in [1.82, 2.24) is 19.6 Å².